The van der Waals surface area contributed by atoms with Crippen LogP contribution in [-0.4, -0.2) is 10.1 Å². The molecule has 0 radical (unpaired) electrons. The second kappa shape index (κ2) is 4.40. The van der Waals surface area contributed by atoms with Crippen molar-refractivity contribution in [1.82, 2.24) is 4.98 Å². The van der Waals surface area contributed by atoms with Crippen molar-refractivity contribution in [2.24, 2.45) is 10.8 Å². The second-order valence-electron chi connectivity index (χ2n) is 5.75. The second-order valence-corrected chi connectivity index (χ2v) is 6.47. The summed E-state index contributed by atoms with van der Waals surface area (Å²) in [4.78, 5) is 4.14. The van der Waals surface area contributed by atoms with E-state index in [1.165, 1.54) is 11.3 Å². The smallest absolute Gasteiger partial charge is 0.115 e. The van der Waals surface area contributed by atoms with Crippen molar-refractivity contribution in [2.45, 2.75) is 45.6 Å². The van der Waals surface area contributed by atoms with Crippen LogP contribution in [0.3, 0.4) is 0 Å². The molecule has 2 rings (SSSR count). The van der Waals surface area contributed by atoms with Crippen LogP contribution in [-0.2, 0) is 0 Å². The lowest BCUT2D eigenvalue weighted by molar-refractivity contribution is 0.00734. The van der Waals surface area contributed by atoms with Crippen LogP contribution in [0.4, 0.5) is 0 Å². The van der Waals surface area contributed by atoms with Crippen LogP contribution in [0.2, 0.25) is 0 Å². The molecule has 3 nitrogen and oxygen atoms in total. The molecule has 1 heterocycles. The Morgan fingerprint density at radius 1 is 1.41 bits per heavy atom. The van der Waals surface area contributed by atoms with Crippen molar-refractivity contribution in [3.05, 3.63) is 16.6 Å². The van der Waals surface area contributed by atoms with Crippen LogP contribution in [0.15, 0.2) is 10.9 Å². The number of aromatic nitrogens is 1. The highest BCUT2D eigenvalue weighted by Crippen LogP contribution is 2.50. The molecule has 1 saturated carbocycles. The van der Waals surface area contributed by atoms with E-state index in [2.05, 4.69) is 24.9 Å². The Balaban J connectivity index is 2.20. The third-order valence-electron chi connectivity index (χ3n) is 3.97. The topological polar surface area (TPSA) is 56.9 Å². The molecule has 0 amide bonds. The highest BCUT2D eigenvalue weighted by molar-refractivity contribution is 7.07. The lowest BCUT2D eigenvalue weighted by Crippen LogP contribution is -2.35. The number of nitriles is 1. The molecule has 0 spiro atoms. The van der Waals surface area contributed by atoms with Gasteiger partial charge in [-0.05, 0) is 31.1 Å². The maximum Gasteiger partial charge on any atom is 0.115 e. The summed E-state index contributed by atoms with van der Waals surface area (Å²) in [6, 6.07) is 2.36. The van der Waals surface area contributed by atoms with Gasteiger partial charge in [0.25, 0.3) is 0 Å². The van der Waals surface area contributed by atoms with E-state index in [0.29, 0.717) is 11.1 Å². The number of rotatable bonds is 2. The lowest BCUT2D eigenvalue weighted by atomic mass is 9.63. The zero-order valence-corrected chi connectivity index (χ0v) is 11.1. The van der Waals surface area contributed by atoms with Crippen LogP contribution in [0, 0.1) is 22.2 Å². The molecule has 1 fully saturated rings. The standard InChI is InChI=1S/C13H18N2OS/c1-12(2)3-5-13(8-14,6-4-12)11(16)10-7-17-9-15-10/h7,9,11,16H,3-6H2,1-2H3. The average molecular weight is 250 g/mol. The molecule has 4 heteroatoms. The van der Waals surface area contributed by atoms with Crippen molar-refractivity contribution in [1.29, 1.82) is 5.26 Å². The minimum absolute atomic E-state index is 0.294. The molecule has 1 aliphatic rings. The molecule has 1 unspecified atom stereocenters. The largest absolute Gasteiger partial charge is 0.385 e. The van der Waals surface area contributed by atoms with E-state index in [0.717, 1.165) is 25.7 Å². The maximum atomic E-state index is 10.4. The van der Waals surface area contributed by atoms with E-state index in [1.54, 1.807) is 5.51 Å². The molecule has 0 bridgehead atoms. The number of hydrogen-bond donors (Lipinski definition) is 1. The summed E-state index contributed by atoms with van der Waals surface area (Å²) in [7, 11) is 0. The summed E-state index contributed by atoms with van der Waals surface area (Å²) in [5.74, 6) is 0. The molecule has 1 aliphatic carbocycles. The van der Waals surface area contributed by atoms with Gasteiger partial charge in [-0.25, -0.2) is 4.98 Å². The van der Waals surface area contributed by atoms with Crippen LogP contribution in [0.5, 0.6) is 0 Å². The molecular formula is C13H18N2OS. The first-order chi connectivity index (χ1) is 7.99. The normalized spacial score (nSPS) is 23.9. The molecule has 1 aromatic rings. The molecule has 1 aromatic heterocycles. The zero-order valence-electron chi connectivity index (χ0n) is 10.3. The van der Waals surface area contributed by atoms with Gasteiger partial charge >= 0.3 is 0 Å². The summed E-state index contributed by atoms with van der Waals surface area (Å²) in [5.41, 5.74) is 2.01. The molecule has 0 aromatic carbocycles. The van der Waals surface area contributed by atoms with Crippen LogP contribution < -0.4 is 0 Å². The van der Waals surface area contributed by atoms with Gasteiger partial charge in [-0.15, -0.1) is 11.3 Å². The van der Waals surface area contributed by atoms with Crippen molar-refractivity contribution in [3.63, 3.8) is 0 Å². The predicted molar refractivity (Wildman–Crippen MR) is 67.4 cm³/mol. The minimum atomic E-state index is -0.741. The number of aliphatic hydroxyl groups is 1. The van der Waals surface area contributed by atoms with Crippen LogP contribution in [0.1, 0.15) is 51.3 Å². The first-order valence-electron chi connectivity index (χ1n) is 5.97. The van der Waals surface area contributed by atoms with E-state index >= 15 is 0 Å². The highest BCUT2D eigenvalue weighted by atomic mass is 32.1. The molecule has 92 valence electrons. The van der Waals surface area contributed by atoms with E-state index in [4.69, 9.17) is 0 Å². The van der Waals surface area contributed by atoms with Crippen molar-refractivity contribution in [3.8, 4) is 6.07 Å². The van der Waals surface area contributed by atoms with Crippen LogP contribution >= 0.6 is 11.3 Å². The van der Waals surface area contributed by atoms with Gasteiger partial charge in [0.2, 0.25) is 0 Å². The van der Waals surface area contributed by atoms with E-state index in [-0.39, 0.29) is 0 Å². The monoisotopic (exact) mass is 250 g/mol. The van der Waals surface area contributed by atoms with Gasteiger partial charge in [0.15, 0.2) is 0 Å². The summed E-state index contributed by atoms with van der Waals surface area (Å²) in [6.45, 7) is 4.45. The fraction of sp³-hybridized carbons (Fsp3) is 0.692. The predicted octanol–water partition coefficient (Wildman–Crippen LogP) is 3.29. The van der Waals surface area contributed by atoms with Gasteiger partial charge in [0, 0.05) is 5.38 Å². The minimum Gasteiger partial charge on any atom is -0.385 e. The average Bonchev–Trinajstić information content (AvgIpc) is 2.82. The Kier molecular flexibility index (Phi) is 3.24. The van der Waals surface area contributed by atoms with Crippen molar-refractivity contribution >= 4 is 11.3 Å². The van der Waals surface area contributed by atoms with Gasteiger partial charge in [-0.3, -0.25) is 0 Å². The lowest BCUT2D eigenvalue weighted by Gasteiger charge is -2.41. The number of aliphatic hydroxyl groups excluding tert-OH is 1. The molecule has 0 aliphatic heterocycles. The highest BCUT2D eigenvalue weighted by Gasteiger charge is 2.45. The van der Waals surface area contributed by atoms with E-state index in [9.17, 15) is 10.4 Å². The van der Waals surface area contributed by atoms with Gasteiger partial charge in [-0.2, -0.15) is 5.26 Å². The third kappa shape index (κ3) is 2.36. The first kappa shape index (κ1) is 12.5. The van der Waals surface area contributed by atoms with Gasteiger partial charge < -0.3 is 5.11 Å². The molecule has 17 heavy (non-hydrogen) atoms. The zero-order chi connectivity index (χ0) is 12.5. The Morgan fingerprint density at radius 3 is 2.53 bits per heavy atom. The van der Waals surface area contributed by atoms with E-state index in [1.807, 2.05) is 5.38 Å². The fourth-order valence-corrected chi connectivity index (χ4v) is 3.03. The summed E-state index contributed by atoms with van der Waals surface area (Å²) < 4.78 is 0. The van der Waals surface area contributed by atoms with E-state index < -0.39 is 11.5 Å². The summed E-state index contributed by atoms with van der Waals surface area (Å²) in [5, 5.41) is 21.7. The Morgan fingerprint density at radius 2 is 2.06 bits per heavy atom. The molecular weight excluding hydrogens is 232 g/mol. The van der Waals surface area contributed by atoms with Gasteiger partial charge in [0.1, 0.15) is 6.10 Å². The number of hydrogen-bond acceptors (Lipinski definition) is 4. The first-order valence-corrected chi connectivity index (χ1v) is 6.91. The molecule has 1 N–H and O–H groups in total. The Hall–Kier alpha value is -0.920. The molecule has 1 atom stereocenters. The van der Waals surface area contributed by atoms with Gasteiger partial charge in [-0.1, -0.05) is 13.8 Å². The van der Waals surface area contributed by atoms with Crippen molar-refractivity contribution in [2.75, 3.05) is 0 Å². The number of nitrogens with zero attached hydrogens (tertiary/aromatic N) is 2. The quantitative estimate of drug-likeness (QED) is 0.876. The summed E-state index contributed by atoms with van der Waals surface area (Å²) in [6.07, 6.45) is 2.75. The van der Waals surface area contributed by atoms with Gasteiger partial charge in [0.05, 0.1) is 22.7 Å². The SMILES string of the molecule is CC1(C)CCC(C#N)(C(O)c2cscn2)CC1. The number of thiazole rings is 1. The Bertz CT molecular complexity index is 409. The van der Waals surface area contributed by atoms with Crippen molar-refractivity contribution < 1.29 is 5.11 Å². The Labute approximate surface area is 106 Å². The third-order valence-corrected chi connectivity index (χ3v) is 4.58. The molecule has 0 saturated heterocycles. The fourth-order valence-electron chi connectivity index (χ4n) is 2.46. The van der Waals surface area contributed by atoms with Crippen LogP contribution in [0.25, 0.3) is 0 Å². The summed E-state index contributed by atoms with van der Waals surface area (Å²) >= 11 is 1.46. The maximum absolute atomic E-state index is 10.4.